The van der Waals surface area contributed by atoms with Crippen LogP contribution in [0.25, 0.3) is 0 Å². The molecule has 2 amide bonds. The first kappa shape index (κ1) is 16.3. The molecular formula is C19H29N3O. The van der Waals surface area contributed by atoms with E-state index in [1.807, 2.05) is 0 Å². The van der Waals surface area contributed by atoms with Gasteiger partial charge in [0.25, 0.3) is 0 Å². The van der Waals surface area contributed by atoms with Crippen LogP contribution in [-0.4, -0.2) is 48.6 Å². The molecule has 2 fully saturated rings. The molecule has 2 aliphatic rings. The minimum Gasteiger partial charge on any atom is -0.336 e. The minimum absolute atomic E-state index is 0.0292. The normalized spacial score (nSPS) is 31.0. The van der Waals surface area contributed by atoms with Crippen molar-refractivity contribution in [3.8, 4) is 0 Å². The van der Waals surface area contributed by atoms with Crippen LogP contribution >= 0.6 is 0 Å². The van der Waals surface area contributed by atoms with Crippen LogP contribution in [0, 0.1) is 0 Å². The Bertz CT molecular complexity index is 547. The highest BCUT2D eigenvalue weighted by atomic mass is 16.2. The molecule has 1 aliphatic heterocycles. The van der Waals surface area contributed by atoms with Gasteiger partial charge in [-0.1, -0.05) is 37.3 Å². The molecule has 1 aromatic rings. The molecule has 1 saturated heterocycles. The van der Waals surface area contributed by atoms with Crippen molar-refractivity contribution in [2.24, 2.45) is 0 Å². The third-order valence-electron chi connectivity index (χ3n) is 6.01. The third-order valence-corrected chi connectivity index (χ3v) is 6.01. The van der Waals surface area contributed by atoms with E-state index in [9.17, 15) is 4.79 Å². The Morgan fingerprint density at radius 3 is 2.35 bits per heavy atom. The monoisotopic (exact) mass is 315 g/mol. The summed E-state index contributed by atoms with van der Waals surface area (Å²) in [4.78, 5) is 16.7. The van der Waals surface area contributed by atoms with E-state index in [0.29, 0.717) is 0 Å². The number of hydrogen-bond acceptors (Lipinski definition) is 2. The molecule has 1 heterocycles. The van der Waals surface area contributed by atoms with Crippen LogP contribution in [-0.2, 0) is 5.54 Å². The predicted molar refractivity (Wildman–Crippen MR) is 93.4 cm³/mol. The number of hydrogen-bond donors (Lipinski definition) is 1. The predicted octanol–water partition coefficient (Wildman–Crippen LogP) is 3.19. The number of nitrogens with zero attached hydrogens (tertiary/aromatic N) is 2. The third kappa shape index (κ3) is 2.63. The summed E-state index contributed by atoms with van der Waals surface area (Å²) in [6.07, 6.45) is 5.35. The van der Waals surface area contributed by atoms with Crippen molar-refractivity contribution < 1.29 is 4.79 Å². The second kappa shape index (κ2) is 6.16. The maximum Gasteiger partial charge on any atom is 0.318 e. The standard InChI is InChI=1S/C19H29N3O/c1-4-14-22-17(23)20-15-18(22)10-12-19(13-11-18,21(2)3)16-8-6-5-7-9-16/h5-9H,4,10-15H2,1-3H3,(H,20,23)/t18-,19-. The number of amides is 2. The quantitative estimate of drug-likeness (QED) is 0.926. The molecule has 23 heavy (non-hydrogen) atoms. The average molecular weight is 315 g/mol. The van der Waals surface area contributed by atoms with E-state index in [1.54, 1.807) is 0 Å². The van der Waals surface area contributed by atoms with Gasteiger partial charge in [-0.05, 0) is 51.8 Å². The lowest BCUT2D eigenvalue weighted by Gasteiger charge is -2.51. The molecule has 1 spiro atoms. The maximum atomic E-state index is 12.2. The molecule has 1 saturated carbocycles. The van der Waals surface area contributed by atoms with Gasteiger partial charge in [0.1, 0.15) is 0 Å². The van der Waals surface area contributed by atoms with Crippen LogP contribution in [0.4, 0.5) is 4.79 Å². The lowest BCUT2D eigenvalue weighted by atomic mass is 9.68. The average Bonchev–Trinajstić information content (AvgIpc) is 2.87. The number of carbonyl (C=O) groups excluding carboxylic acids is 1. The molecule has 4 nitrogen and oxygen atoms in total. The van der Waals surface area contributed by atoms with Crippen molar-refractivity contribution in [1.82, 2.24) is 15.1 Å². The van der Waals surface area contributed by atoms with Crippen molar-refractivity contribution in [2.45, 2.75) is 50.1 Å². The molecule has 4 heteroatoms. The SMILES string of the molecule is CCCN1C(=O)NC[C@]12CC[C@@](c1ccccc1)(N(C)C)CC2. The summed E-state index contributed by atoms with van der Waals surface area (Å²) in [6.45, 7) is 3.83. The van der Waals surface area contributed by atoms with E-state index in [1.165, 1.54) is 5.56 Å². The van der Waals surface area contributed by atoms with Crippen molar-refractivity contribution in [3.05, 3.63) is 35.9 Å². The van der Waals surface area contributed by atoms with E-state index in [-0.39, 0.29) is 17.1 Å². The van der Waals surface area contributed by atoms with Gasteiger partial charge >= 0.3 is 6.03 Å². The van der Waals surface area contributed by atoms with Crippen molar-refractivity contribution >= 4 is 6.03 Å². The fraction of sp³-hybridized carbons (Fsp3) is 0.632. The van der Waals surface area contributed by atoms with Crippen molar-refractivity contribution in [2.75, 3.05) is 27.2 Å². The summed E-state index contributed by atoms with van der Waals surface area (Å²) in [5.74, 6) is 0. The largest absolute Gasteiger partial charge is 0.336 e. The Morgan fingerprint density at radius 2 is 1.78 bits per heavy atom. The first-order chi connectivity index (χ1) is 11.0. The van der Waals surface area contributed by atoms with Gasteiger partial charge in [0.05, 0.1) is 5.54 Å². The highest BCUT2D eigenvalue weighted by Crippen LogP contribution is 2.47. The Balaban J connectivity index is 1.85. The Kier molecular flexibility index (Phi) is 4.37. The second-order valence-corrected chi connectivity index (χ2v) is 7.33. The van der Waals surface area contributed by atoms with Crippen LogP contribution in [0.3, 0.4) is 0 Å². The Morgan fingerprint density at radius 1 is 1.13 bits per heavy atom. The molecule has 0 aromatic heterocycles. The number of benzene rings is 1. The molecule has 0 unspecified atom stereocenters. The van der Waals surface area contributed by atoms with E-state index < -0.39 is 0 Å². The van der Waals surface area contributed by atoms with Gasteiger partial charge < -0.3 is 10.2 Å². The zero-order valence-electron chi connectivity index (χ0n) is 14.6. The topological polar surface area (TPSA) is 35.6 Å². The van der Waals surface area contributed by atoms with Crippen LogP contribution in [0.15, 0.2) is 30.3 Å². The molecule has 1 aliphatic carbocycles. The number of carbonyl (C=O) groups is 1. The summed E-state index contributed by atoms with van der Waals surface area (Å²) < 4.78 is 0. The van der Waals surface area contributed by atoms with Crippen LogP contribution in [0.5, 0.6) is 0 Å². The van der Waals surface area contributed by atoms with E-state index in [4.69, 9.17) is 0 Å². The van der Waals surface area contributed by atoms with Crippen molar-refractivity contribution in [1.29, 1.82) is 0 Å². The molecule has 0 radical (unpaired) electrons. The fourth-order valence-electron chi connectivity index (χ4n) is 4.53. The molecule has 126 valence electrons. The zero-order chi connectivity index (χ0) is 16.5. The summed E-state index contributed by atoms with van der Waals surface area (Å²) >= 11 is 0. The highest BCUT2D eigenvalue weighted by Gasteiger charge is 2.51. The number of urea groups is 1. The lowest BCUT2D eigenvalue weighted by Crippen LogP contribution is -2.55. The number of rotatable bonds is 4. The van der Waals surface area contributed by atoms with Gasteiger partial charge in [0.2, 0.25) is 0 Å². The first-order valence-electron chi connectivity index (χ1n) is 8.82. The van der Waals surface area contributed by atoms with Crippen LogP contribution in [0.1, 0.15) is 44.6 Å². The summed E-state index contributed by atoms with van der Waals surface area (Å²) in [5, 5.41) is 3.08. The van der Waals surface area contributed by atoms with Gasteiger partial charge in [-0.15, -0.1) is 0 Å². The summed E-state index contributed by atoms with van der Waals surface area (Å²) in [5.41, 5.74) is 1.52. The lowest BCUT2D eigenvalue weighted by molar-refractivity contribution is 0.0261. The fourth-order valence-corrected chi connectivity index (χ4v) is 4.53. The minimum atomic E-state index is 0.0292. The molecular weight excluding hydrogens is 286 g/mol. The Labute approximate surface area is 139 Å². The summed E-state index contributed by atoms with van der Waals surface area (Å²) in [7, 11) is 4.37. The molecule has 1 aromatic carbocycles. The molecule has 0 bridgehead atoms. The molecule has 1 N–H and O–H groups in total. The molecule has 3 rings (SSSR count). The highest BCUT2D eigenvalue weighted by molar-refractivity contribution is 5.78. The van der Waals surface area contributed by atoms with Crippen molar-refractivity contribution in [3.63, 3.8) is 0 Å². The maximum absolute atomic E-state index is 12.2. The van der Waals surface area contributed by atoms with Gasteiger partial charge in [0, 0.05) is 18.6 Å². The van der Waals surface area contributed by atoms with Crippen LogP contribution < -0.4 is 5.32 Å². The first-order valence-corrected chi connectivity index (χ1v) is 8.82. The van der Waals surface area contributed by atoms with E-state index in [2.05, 4.69) is 66.5 Å². The molecule has 0 atom stereocenters. The van der Waals surface area contributed by atoms with Gasteiger partial charge in [0.15, 0.2) is 0 Å². The smallest absolute Gasteiger partial charge is 0.318 e. The van der Waals surface area contributed by atoms with E-state index >= 15 is 0 Å². The van der Waals surface area contributed by atoms with Gasteiger partial charge in [-0.2, -0.15) is 0 Å². The van der Waals surface area contributed by atoms with Gasteiger partial charge in [-0.25, -0.2) is 4.79 Å². The second-order valence-electron chi connectivity index (χ2n) is 7.33. The number of nitrogens with one attached hydrogen (secondary N) is 1. The van der Waals surface area contributed by atoms with Gasteiger partial charge in [-0.3, -0.25) is 4.90 Å². The Hall–Kier alpha value is -1.55. The zero-order valence-corrected chi connectivity index (χ0v) is 14.6. The van der Waals surface area contributed by atoms with Crippen LogP contribution in [0.2, 0.25) is 0 Å². The van der Waals surface area contributed by atoms with E-state index in [0.717, 1.165) is 45.2 Å². The summed E-state index contributed by atoms with van der Waals surface area (Å²) in [6, 6.07) is 11.0.